The smallest absolute Gasteiger partial charge is 0.338 e. The Balaban J connectivity index is 2.00. The Morgan fingerprint density at radius 2 is 1.78 bits per heavy atom. The number of carbonyl (C=O) groups is 1. The van der Waals surface area contributed by atoms with Crippen LogP contribution < -0.4 is 0 Å². The largest absolute Gasteiger partial charge is 0.460 e. The number of rotatable bonds is 9. The standard InChI is InChI=1S/C14H19BrO3/c15-9-5-2-6-10-17-11-12-18-14(16)13-7-3-1-4-8-13/h1,3-4,7-8H,2,5-6,9-12H2. The molecule has 0 fully saturated rings. The lowest BCUT2D eigenvalue weighted by molar-refractivity contribution is 0.0313. The number of ether oxygens (including phenoxy) is 2. The summed E-state index contributed by atoms with van der Waals surface area (Å²) in [5.74, 6) is -0.293. The van der Waals surface area contributed by atoms with E-state index in [1.54, 1.807) is 12.1 Å². The molecule has 0 amide bonds. The molecule has 0 N–H and O–H groups in total. The normalized spacial score (nSPS) is 10.3. The van der Waals surface area contributed by atoms with E-state index in [0.29, 0.717) is 18.8 Å². The van der Waals surface area contributed by atoms with Crippen LogP contribution in [-0.2, 0) is 9.47 Å². The van der Waals surface area contributed by atoms with Gasteiger partial charge < -0.3 is 9.47 Å². The van der Waals surface area contributed by atoms with Gasteiger partial charge in [-0.15, -0.1) is 0 Å². The minimum Gasteiger partial charge on any atom is -0.460 e. The number of hydrogen-bond acceptors (Lipinski definition) is 3. The SMILES string of the molecule is O=C(OCCOCCCCCBr)c1ccccc1. The fraction of sp³-hybridized carbons (Fsp3) is 0.500. The van der Waals surface area contributed by atoms with Gasteiger partial charge in [0.2, 0.25) is 0 Å². The van der Waals surface area contributed by atoms with Gasteiger partial charge in [0, 0.05) is 11.9 Å². The summed E-state index contributed by atoms with van der Waals surface area (Å²) in [6, 6.07) is 8.98. The molecule has 0 atom stereocenters. The van der Waals surface area contributed by atoms with Gasteiger partial charge in [0.1, 0.15) is 6.61 Å². The Bertz CT molecular complexity index is 327. The molecule has 0 heterocycles. The first-order chi connectivity index (χ1) is 8.84. The van der Waals surface area contributed by atoms with Gasteiger partial charge in [0.05, 0.1) is 12.2 Å². The number of hydrogen-bond donors (Lipinski definition) is 0. The molecule has 0 unspecified atom stereocenters. The number of alkyl halides is 1. The van der Waals surface area contributed by atoms with Crippen molar-refractivity contribution >= 4 is 21.9 Å². The maximum absolute atomic E-state index is 11.5. The van der Waals surface area contributed by atoms with E-state index in [-0.39, 0.29) is 5.97 Å². The highest BCUT2D eigenvalue weighted by atomic mass is 79.9. The van der Waals surface area contributed by atoms with E-state index in [1.165, 1.54) is 6.42 Å². The first-order valence-electron chi connectivity index (χ1n) is 6.20. The van der Waals surface area contributed by atoms with Crippen LogP contribution in [0.4, 0.5) is 0 Å². The average molecular weight is 315 g/mol. The lowest BCUT2D eigenvalue weighted by atomic mass is 10.2. The predicted octanol–water partition coefficient (Wildman–Crippen LogP) is 3.43. The topological polar surface area (TPSA) is 35.5 Å². The quantitative estimate of drug-likeness (QED) is 0.398. The van der Waals surface area contributed by atoms with Crippen LogP contribution in [0.2, 0.25) is 0 Å². The average Bonchev–Trinajstić information content (AvgIpc) is 2.42. The lowest BCUT2D eigenvalue weighted by Gasteiger charge is -2.06. The summed E-state index contributed by atoms with van der Waals surface area (Å²) in [5, 5.41) is 1.04. The van der Waals surface area contributed by atoms with Gasteiger partial charge in [-0.1, -0.05) is 40.5 Å². The molecule has 0 spiro atoms. The number of esters is 1. The van der Waals surface area contributed by atoms with Crippen LogP contribution in [0.25, 0.3) is 0 Å². The van der Waals surface area contributed by atoms with E-state index >= 15 is 0 Å². The highest BCUT2D eigenvalue weighted by molar-refractivity contribution is 9.09. The van der Waals surface area contributed by atoms with Crippen molar-refractivity contribution in [3.63, 3.8) is 0 Å². The van der Waals surface area contributed by atoms with Gasteiger partial charge in [-0.25, -0.2) is 4.79 Å². The number of unbranched alkanes of at least 4 members (excludes halogenated alkanes) is 2. The summed E-state index contributed by atoms with van der Waals surface area (Å²) in [4.78, 5) is 11.5. The second kappa shape index (κ2) is 10.1. The lowest BCUT2D eigenvalue weighted by Crippen LogP contribution is -2.11. The van der Waals surface area contributed by atoms with Crippen molar-refractivity contribution in [3.8, 4) is 0 Å². The molecule has 0 saturated heterocycles. The third kappa shape index (κ3) is 6.77. The maximum Gasteiger partial charge on any atom is 0.338 e. The van der Waals surface area contributed by atoms with E-state index in [2.05, 4.69) is 15.9 Å². The molecule has 4 heteroatoms. The Hall–Kier alpha value is -0.870. The molecule has 0 saturated carbocycles. The van der Waals surface area contributed by atoms with E-state index < -0.39 is 0 Å². The predicted molar refractivity (Wildman–Crippen MR) is 75.2 cm³/mol. The van der Waals surface area contributed by atoms with Crippen LogP contribution in [-0.4, -0.2) is 31.1 Å². The zero-order valence-corrected chi connectivity index (χ0v) is 12.0. The molecule has 0 radical (unpaired) electrons. The Morgan fingerprint density at radius 3 is 2.50 bits per heavy atom. The second-order valence-electron chi connectivity index (χ2n) is 3.86. The summed E-state index contributed by atoms with van der Waals surface area (Å²) < 4.78 is 10.5. The molecule has 3 nitrogen and oxygen atoms in total. The van der Waals surface area contributed by atoms with Gasteiger partial charge in [-0.05, 0) is 25.0 Å². The van der Waals surface area contributed by atoms with Crippen LogP contribution in [0.1, 0.15) is 29.6 Å². The molecular formula is C14H19BrO3. The zero-order chi connectivity index (χ0) is 13.1. The monoisotopic (exact) mass is 314 g/mol. The minimum absolute atomic E-state index is 0.293. The molecule has 100 valence electrons. The summed E-state index contributed by atoms with van der Waals surface area (Å²) in [6.07, 6.45) is 3.39. The molecule has 0 aromatic heterocycles. The van der Waals surface area contributed by atoms with E-state index in [1.807, 2.05) is 18.2 Å². The summed E-state index contributed by atoms with van der Waals surface area (Å²) in [5.41, 5.74) is 0.579. The first-order valence-corrected chi connectivity index (χ1v) is 7.32. The molecule has 18 heavy (non-hydrogen) atoms. The molecule has 1 rings (SSSR count). The molecular weight excluding hydrogens is 296 g/mol. The van der Waals surface area contributed by atoms with Crippen molar-refractivity contribution in [1.29, 1.82) is 0 Å². The van der Waals surface area contributed by atoms with Crippen molar-refractivity contribution < 1.29 is 14.3 Å². The van der Waals surface area contributed by atoms with E-state index in [0.717, 1.165) is 24.8 Å². The van der Waals surface area contributed by atoms with Gasteiger partial charge >= 0.3 is 5.97 Å². The summed E-state index contributed by atoms with van der Waals surface area (Å²) >= 11 is 3.38. The van der Waals surface area contributed by atoms with Crippen LogP contribution in [0.5, 0.6) is 0 Å². The van der Waals surface area contributed by atoms with Crippen molar-refractivity contribution in [3.05, 3.63) is 35.9 Å². The fourth-order valence-corrected chi connectivity index (χ4v) is 1.82. The van der Waals surface area contributed by atoms with Crippen LogP contribution in [0.15, 0.2) is 30.3 Å². The van der Waals surface area contributed by atoms with Crippen LogP contribution in [0.3, 0.4) is 0 Å². The van der Waals surface area contributed by atoms with E-state index in [9.17, 15) is 4.79 Å². The highest BCUT2D eigenvalue weighted by Crippen LogP contribution is 2.01. The number of halogens is 1. The van der Waals surface area contributed by atoms with Crippen LogP contribution >= 0.6 is 15.9 Å². The molecule has 0 aliphatic heterocycles. The minimum atomic E-state index is -0.293. The molecule has 1 aromatic rings. The third-order valence-electron chi connectivity index (χ3n) is 2.39. The second-order valence-corrected chi connectivity index (χ2v) is 4.66. The molecule has 0 aliphatic carbocycles. The first kappa shape index (κ1) is 15.2. The van der Waals surface area contributed by atoms with Gasteiger partial charge in [-0.2, -0.15) is 0 Å². The van der Waals surface area contributed by atoms with Gasteiger partial charge in [-0.3, -0.25) is 0 Å². The summed E-state index contributed by atoms with van der Waals surface area (Å²) in [6.45, 7) is 1.51. The zero-order valence-electron chi connectivity index (χ0n) is 10.4. The van der Waals surface area contributed by atoms with Crippen molar-refractivity contribution in [2.24, 2.45) is 0 Å². The molecule has 0 bridgehead atoms. The van der Waals surface area contributed by atoms with Gasteiger partial charge in [0.25, 0.3) is 0 Å². The van der Waals surface area contributed by atoms with Crippen molar-refractivity contribution in [1.82, 2.24) is 0 Å². The third-order valence-corrected chi connectivity index (χ3v) is 2.95. The number of carbonyl (C=O) groups excluding carboxylic acids is 1. The van der Waals surface area contributed by atoms with E-state index in [4.69, 9.17) is 9.47 Å². The summed E-state index contributed by atoms with van der Waals surface area (Å²) in [7, 11) is 0. The van der Waals surface area contributed by atoms with Crippen molar-refractivity contribution in [2.75, 3.05) is 25.2 Å². The molecule has 1 aromatic carbocycles. The van der Waals surface area contributed by atoms with Gasteiger partial charge in [0.15, 0.2) is 0 Å². The fourth-order valence-electron chi connectivity index (χ4n) is 1.43. The Kier molecular flexibility index (Phi) is 8.51. The highest BCUT2D eigenvalue weighted by Gasteiger charge is 2.04. The maximum atomic E-state index is 11.5. The molecule has 0 aliphatic rings. The number of benzene rings is 1. The Labute approximate surface area is 117 Å². The Morgan fingerprint density at radius 1 is 1.00 bits per heavy atom. The van der Waals surface area contributed by atoms with Crippen LogP contribution in [0, 0.1) is 0 Å². The van der Waals surface area contributed by atoms with Crippen molar-refractivity contribution in [2.45, 2.75) is 19.3 Å².